The highest BCUT2D eigenvalue weighted by molar-refractivity contribution is 6.31. The fourth-order valence-corrected chi connectivity index (χ4v) is 3.46. The maximum absolute atomic E-state index is 12.3. The van der Waals surface area contributed by atoms with Crippen molar-refractivity contribution >= 4 is 23.2 Å². The second kappa shape index (κ2) is 8.37. The smallest absolute Gasteiger partial charge is 0.225 e. The van der Waals surface area contributed by atoms with E-state index in [1.807, 2.05) is 6.07 Å². The van der Waals surface area contributed by atoms with Crippen LogP contribution in [0.4, 0.5) is 5.69 Å². The predicted molar refractivity (Wildman–Crippen MR) is 101 cm³/mol. The zero-order valence-corrected chi connectivity index (χ0v) is 15.1. The summed E-state index contributed by atoms with van der Waals surface area (Å²) in [7, 11) is 1.58. The molecule has 3 rings (SSSR count). The molecule has 1 aliphatic heterocycles. The molecule has 0 aromatic heterocycles. The molecular weight excluding hydrogens is 336 g/mol. The molecule has 1 fully saturated rings. The first-order valence-corrected chi connectivity index (χ1v) is 8.94. The molecule has 132 valence electrons. The lowest BCUT2D eigenvalue weighted by atomic mass is 9.99. The fraction of sp³-hybridized carbons (Fsp3) is 0.350. The standard InChI is InChI=1S/C20H23ClN2O2/c1-25-19-8-7-17(21)13-18(19)22-20(24)10-12-23-11-9-16(14-23)15-5-3-2-4-6-15/h2-8,13,16H,9-12,14H2,1H3,(H,22,24)/t16-/m1/s1. The molecule has 25 heavy (non-hydrogen) atoms. The largest absolute Gasteiger partial charge is 0.495 e. The highest BCUT2D eigenvalue weighted by atomic mass is 35.5. The Morgan fingerprint density at radius 1 is 1.28 bits per heavy atom. The molecule has 1 atom stereocenters. The first-order valence-electron chi connectivity index (χ1n) is 8.56. The van der Waals surface area contributed by atoms with Gasteiger partial charge in [-0.15, -0.1) is 0 Å². The van der Waals surface area contributed by atoms with Crippen molar-refractivity contribution in [2.75, 3.05) is 32.1 Å². The molecule has 1 amide bonds. The number of rotatable bonds is 6. The monoisotopic (exact) mass is 358 g/mol. The number of hydrogen-bond donors (Lipinski definition) is 1. The third-order valence-electron chi connectivity index (χ3n) is 4.63. The number of carbonyl (C=O) groups excluding carboxylic acids is 1. The molecule has 4 nitrogen and oxygen atoms in total. The highest BCUT2D eigenvalue weighted by Crippen LogP contribution is 2.29. The molecule has 1 N–H and O–H groups in total. The van der Waals surface area contributed by atoms with Crippen LogP contribution in [-0.2, 0) is 4.79 Å². The van der Waals surface area contributed by atoms with Gasteiger partial charge in [0, 0.05) is 24.5 Å². The normalized spacial score (nSPS) is 17.4. The zero-order chi connectivity index (χ0) is 17.6. The van der Waals surface area contributed by atoms with E-state index < -0.39 is 0 Å². The molecule has 2 aromatic carbocycles. The highest BCUT2D eigenvalue weighted by Gasteiger charge is 2.23. The van der Waals surface area contributed by atoms with E-state index in [2.05, 4.69) is 34.5 Å². The van der Waals surface area contributed by atoms with Crippen LogP contribution in [0.15, 0.2) is 48.5 Å². The number of nitrogens with zero attached hydrogens (tertiary/aromatic N) is 1. The van der Waals surface area contributed by atoms with Crippen molar-refractivity contribution in [3.63, 3.8) is 0 Å². The van der Waals surface area contributed by atoms with Gasteiger partial charge in [-0.3, -0.25) is 4.79 Å². The van der Waals surface area contributed by atoms with Crippen LogP contribution in [0.5, 0.6) is 5.75 Å². The summed E-state index contributed by atoms with van der Waals surface area (Å²) < 4.78 is 5.26. The molecule has 0 aliphatic carbocycles. The third-order valence-corrected chi connectivity index (χ3v) is 4.87. The zero-order valence-electron chi connectivity index (χ0n) is 14.4. The van der Waals surface area contributed by atoms with Crippen molar-refractivity contribution in [3.05, 3.63) is 59.1 Å². The van der Waals surface area contributed by atoms with Gasteiger partial charge in [0.2, 0.25) is 5.91 Å². The van der Waals surface area contributed by atoms with E-state index in [9.17, 15) is 4.79 Å². The average Bonchev–Trinajstić information content (AvgIpc) is 3.10. The summed E-state index contributed by atoms with van der Waals surface area (Å²) in [5.74, 6) is 1.16. The molecule has 1 heterocycles. The van der Waals surface area contributed by atoms with Crippen molar-refractivity contribution in [2.24, 2.45) is 0 Å². The molecule has 0 radical (unpaired) electrons. The second-order valence-electron chi connectivity index (χ2n) is 6.34. The summed E-state index contributed by atoms with van der Waals surface area (Å²) in [6.45, 7) is 2.81. The van der Waals surface area contributed by atoms with Crippen LogP contribution in [0.1, 0.15) is 24.3 Å². The Morgan fingerprint density at radius 3 is 2.84 bits per heavy atom. The molecule has 5 heteroatoms. The number of carbonyl (C=O) groups is 1. The summed E-state index contributed by atoms with van der Waals surface area (Å²) in [5, 5.41) is 3.46. The van der Waals surface area contributed by atoms with E-state index in [1.165, 1.54) is 5.56 Å². The van der Waals surface area contributed by atoms with Gasteiger partial charge >= 0.3 is 0 Å². The van der Waals surface area contributed by atoms with E-state index >= 15 is 0 Å². The lowest BCUT2D eigenvalue weighted by molar-refractivity contribution is -0.116. The molecule has 0 saturated carbocycles. The van der Waals surface area contributed by atoms with Crippen LogP contribution >= 0.6 is 11.6 Å². The molecule has 0 unspecified atom stereocenters. The van der Waals surface area contributed by atoms with Crippen LogP contribution in [0.3, 0.4) is 0 Å². The van der Waals surface area contributed by atoms with Crippen LogP contribution < -0.4 is 10.1 Å². The Morgan fingerprint density at radius 2 is 2.08 bits per heavy atom. The van der Waals surface area contributed by atoms with Gasteiger partial charge in [0.1, 0.15) is 5.75 Å². The van der Waals surface area contributed by atoms with Gasteiger partial charge in [-0.1, -0.05) is 41.9 Å². The molecule has 0 spiro atoms. The number of amides is 1. The van der Waals surface area contributed by atoms with Crippen molar-refractivity contribution in [3.8, 4) is 5.75 Å². The lowest BCUT2D eigenvalue weighted by Gasteiger charge is -2.16. The number of hydrogen-bond acceptors (Lipinski definition) is 3. The van der Waals surface area contributed by atoms with E-state index in [4.69, 9.17) is 16.3 Å². The summed E-state index contributed by atoms with van der Waals surface area (Å²) >= 11 is 6.00. The minimum atomic E-state index is -0.0243. The predicted octanol–water partition coefficient (Wildman–Crippen LogP) is 4.17. The van der Waals surface area contributed by atoms with Crippen LogP contribution in [0.2, 0.25) is 5.02 Å². The van der Waals surface area contributed by atoms with Crippen molar-refractivity contribution < 1.29 is 9.53 Å². The van der Waals surface area contributed by atoms with Crippen molar-refractivity contribution in [1.82, 2.24) is 4.90 Å². The van der Waals surface area contributed by atoms with E-state index in [-0.39, 0.29) is 5.91 Å². The molecule has 1 saturated heterocycles. The van der Waals surface area contributed by atoms with Crippen molar-refractivity contribution in [1.29, 1.82) is 0 Å². The Balaban J connectivity index is 1.49. The van der Waals surface area contributed by atoms with Gasteiger partial charge < -0.3 is 15.0 Å². The molecule has 0 bridgehead atoms. The number of nitrogens with one attached hydrogen (secondary N) is 1. The van der Waals surface area contributed by atoms with Gasteiger partial charge in [0.25, 0.3) is 0 Å². The first-order chi connectivity index (χ1) is 12.2. The number of halogens is 1. The van der Waals surface area contributed by atoms with Gasteiger partial charge in [-0.25, -0.2) is 0 Å². The topological polar surface area (TPSA) is 41.6 Å². The minimum Gasteiger partial charge on any atom is -0.495 e. The van der Waals surface area contributed by atoms with Gasteiger partial charge in [-0.2, -0.15) is 0 Å². The summed E-state index contributed by atoms with van der Waals surface area (Å²) in [5.41, 5.74) is 2.00. The van der Waals surface area contributed by atoms with E-state index in [1.54, 1.807) is 25.3 Å². The number of benzene rings is 2. The van der Waals surface area contributed by atoms with Crippen LogP contribution in [-0.4, -0.2) is 37.6 Å². The number of methoxy groups -OCH3 is 1. The summed E-state index contributed by atoms with van der Waals surface area (Å²) in [4.78, 5) is 14.6. The fourth-order valence-electron chi connectivity index (χ4n) is 3.28. The Kier molecular flexibility index (Phi) is 5.95. The second-order valence-corrected chi connectivity index (χ2v) is 6.78. The van der Waals surface area contributed by atoms with Gasteiger partial charge in [0.15, 0.2) is 0 Å². The Hall–Kier alpha value is -2.04. The minimum absolute atomic E-state index is 0.0243. The first kappa shape index (κ1) is 17.8. The maximum Gasteiger partial charge on any atom is 0.225 e. The Bertz CT molecular complexity index is 721. The number of likely N-dealkylation sites (tertiary alicyclic amines) is 1. The van der Waals surface area contributed by atoms with E-state index in [0.717, 1.165) is 26.1 Å². The van der Waals surface area contributed by atoms with Crippen molar-refractivity contribution in [2.45, 2.75) is 18.8 Å². The van der Waals surface area contributed by atoms with Crippen LogP contribution in [0.25, 0.3) is 0 Å². The average molecular weight is 359 g/mol. The third kappa shape index (κ3) is 4.74. The lowest BCUT2D eigenvalue weighted by Crippen LogP contribution is -2.25. The quantitative estimate of drug-likeness (QED) is 0.842. The maximum atomic E-state index is 12.3. The summed E-state index contributed by atoms with van der Waals surface area (Å²) in [6, 6.07) is 15.8. The van der Waals surface area contributed by atoms with Gasteiger partial charge in [0.05, 0.1) is 12.8 Å². The number of ether oxygens (including phenoxy) is 1. The van der Waals surface area contributed by atoms with Crippen LogP contribution in [0, 0.1) is 0 Å². The SMILES string of the molecule is COc1ccc(Cl)cc1NC(=O)CCN1CC[C@@H](c2ccccc2)C1. The Labute approximate surface area is 153 Å². The summed E-state index contributed by atoms with van der Waals surface area (Å²) in [6.07, 6.45) is 1.60. The molecule has 1 aliphatic rings. The number of anilines is 1. The van der Waals surface area contributed by atoms with Gasteiger partial charge in [-0.05, 0) is 42.6 Å². The van der Waals surface area contributed by atoms with E-state index in [0.29, 0.717) is 28.8 Å². The molecular formula is C20H23ClN2O2. The molecule has 2 aromatic rings.